The second-order valence-corrected chi connectivity index (χ2v) is 8.35. The molecule has 1 aromatic heterocycles. The first-order chi connectivity index (χ1) is 15.6. The molecule has 1 saturated heterocycles. The average Bonchev–Trinajstić information content (AvgIpc) is 3.44. The fraction of sp³-hybridized carbons (Fsp3) is 0.240. The number of aliphatic hydroxyl groups is 1. The van der Waals surface area contributed by atoms with Crippen molar-refractivity contribution >= 4 is 33.9 Å². The van der Waals surface area contributed by atoms with Gasteiger partial charge in [0.05, 0.1) is 18.2 Å². The van der Waals surface area contributed by atoms with Gasteiger partial charge in [-0.1, -0.05) is 62.2 Å². The number of carbonyl (C=O) groups is 2. The summed E-state index contributed by atoms with van der Waals surface area (Å²) in [5.74, 6) is -0.997. The zero-order valence-electron chi connectivity index (χ0n) is 17.7. The molecule has 6 nitrogen and oxygen atoms in total. The predicted octanol–water partition coefficient (Wildman–Crippen LogP) is 5.34. The summed E-state index contributed by atoms with van der Waals surface area (Å²) in [6.45, 7) is 2.73. The number of nitrogens with zero attached hydrogens (tertiary/aromatic N) is 2. The number of carbonyl (C=O) groups excluding carboxylic acids is 2. The molecule has 1 unspecified atom stereocenters. The van der Waals surface area contributed by atoms with E-state index in [9.17, 15) is 14.7 Å². The van der Waals surface area contributed by atoms with E-state index in [4.69, 9.17) is 4.74 Å². The summed E-state index contributed by atoms with van der Waals surface area (Å²) in [6.07, 6.45) is 4.72. The standard InChI is InChI=1S/C25H24N2O4S/c1-2-3-7-14-31-19-12-8-11-18(16-19)21-20(22(28)17-9-5-4-6-10-17)23(29)24(30)27(21)25-26-13-15-32-25/h4-6,8-13,15-16,21,28H,2-3,7,14H2,1H3/b22-20+. The molecular formula is C25H24N2O4S. The minimum Gasteiger partial charge on any atom is -0.507 e. The Labute approximate surface area is 190 Å². The topological polar surface area (TPSA) is 79.7 Å². The highest BCUT2D eigenvalue weighted by molar-refractivity contribution is 7.14. The van der Waals surface area contributed by atoms with Gasteiger partial charge in [0.2, 0.25) is 0 Å². The van der Waals surface area contributed by atoms with Crippen molar-refractivity contribution in [3.8, 4) is 5.75 Å². The fourth-order valence-electron chi connectivity index (χ4n) is 3.75. The molecule has 32 heavy (non-hydrogen) atoms. The van der Waals surface area contributed by atoms with Crippen LogP contribution in [0.4, 0.5) is 5.13 Å². The molecule has 0 radical (unpaired) electrons. The van der Waals surface area contributed by atoms with E-state index in [1.807, 2.05) is 30.3 Å². The van der Waals surface area contributed by atoms with Crippen molar-refractivity contribution in [3.63, 3.8) is 0 Å². The summed E-state index contributed by atoms with van der Waals surface area (Å²) >= 11 is 1.26. The van der Waals surface area contributed by atoms with Crippen LogP contribution in [-0.2, 0) is 9.59 Å². The number of rotatable bonds is 8. The van der Waals surface area contributed by atoms with Crippen molar-refractivity contribution in [2.24, 2.45) is 0 Å². The molecule has 4 rings (SSSR count). The first-order valence-corrected chi connectivity index (χ1v) is 11.5. The zero-order chi connectivity index (χ0) is 22.5. The van der Waals surface area contributed by atoms with Gasteiger partial charge in [-0.2, -0.15) is 0 Å². The molecule has 2 aromatic carbocycles. The number of aliphatic hydroxyl groups excluding tert-OH is 1. The van der Waals surface area contributed by atoms with E-state index in [1.54, 1.807) is 35.8 Å². The van der Waals surface area contributed by atoms with Gasteiger partial charge < -0.3 is 9.84 Å². The van der Waals surface area contributed by atoms with Crippen LogP contribution in [0, 0.1) is 0 Å². The Morgan fingerprint density at radius 2 is 1.94 bits per heavy atom. The summed E-state index contributed by atoms with van der Waals surface area (Å²) in [4.78, 5) is 31.7. The van der Waals surface area contributed by atoms with Crippen LogP contribution < -0.4 is 9.64 Å². The maximum atomic E-state index is 13.1. The van der Waals surface area contributed by atoms with E-state index in [-0.39, 0.29) is 11.3 Å². The summed E-state index contributed by atoms with van der Waals surface area (Å²) in [5, 5.41) is 13.2. The van der Waals surface area contributed by atoms with Gasteiger partial charge in [-0.05, 0) is 24.1 Å². The lowest BCUT2D eigenvalue weighted by atomic mass is 9.95. The van der Waals surface area contributed by atoms with Crippen molar-refractivity contribution in [2.45, 2.75) is 32.2 Å². The molecule has 1 aliphatic rings. The number of Topliss-reactive ketones (excluding diaryl/α,β-unsaturated/α-hetero) is 1. The quantitative estimate of drug-likeness (QED) is 0.218. The van der Waals surface area contributed by atoms with Crippen LogP contribution in [0.5, 0.6) is 5.75 Å². The Kier molecular flexibility index (Phi) is 6.66. The molecule has 3 aromatic rings. The third-order valence-corrected chi connectivity index (χ3v) is 6.08. The highest BCUT2D eigenvalue weighted by Crippen LogP contribution is 2.43. The number of thiazole rings is 1. The number of aromatic nitrogens is 1. The van der Waals surface area contributed by atoms with Crippen LogP contribution in [0.15, 0.2) is 71.7 Å². The smallest absolute Gasteiger partial charge is 0.301 e. The van der Waals surface area contributed by atoms with Gasteiger partial charge in [0, 0.05) is 17.1 Å². The molecule has 0 saturated carbocycles. The van der Waals surface area contributed by atoms with Crippen molar-refractivity contribution in [3.05, 3.63) is 82.9 Å². The molecule has 1 atom stereocenters. The third kappa shape index (κ3) is 4.29. The first-order valence-electron chi connectivity index (χ1n) is 10.6. The lowest BCUT2D eigenvalue weighted by Crippen LogP contribution is -2.29. The number of ketones is 1. The maximum Gasteiger partial charge on any atom is 0.301 e. The van der Waals surface area contributed by atoms with Gasteiger partial charge in [-0.25, -0.2) is 4.98 Å². The van der Waals surface area contributed by atoms with Crippen LogP contribution in [0.3, 0.4) is 0 Å². The Morgan fingerprint density at radius 1 is 1.12 bits per heavy atom. The maximum absolute atomic E-state index is 13.1. The van der Waals surface area contributed by atoms with E-state index in [2.05, 4.69) is 11.9 Å². The van der Waals surface area contributed by atoms with Crippen LogP contribution >= 0.6 is 11.3 Å². The van der Waals surface area contributed by atoms with Gasteiger partial charge >= 0.3 is 5.91 Å². The van der Waals surface area contributed by atoms with Crippen molar-refractivity contribution in [2.75, 3.05) is 11.5 Å². The molecule has 1 fully saturated rings. The molecule has 164 valence electrons. The first kappa shape index (κ1) is 21.8. The second kappa shape index (κ2) is 9.78. The van der Waals surface area contributed by atoms with E-state index in [0.717, 1.165) is 19.3 Å². The Balaban J connectivity index is 1.79. The van der Waals surface area contributed by atoms with Crippen molar-refractivity contribution in [1.29, 1.82) is 0 Å². The predicted molar refractivity (Wildman–Crippen MR) is 125 cm³/mol. The molecule has 1 amide bonds. The molecule has 2 heterocycles. The van der Waals surface area contributed by atoms with Gasteiger partial charge in [0.25, 0.3) is 5.78 Å². The molecule has 0 spiro atoms. The number of hydrogen-bond donors (Lipinski definition) is 1. The Bertz CT molecular complexity index is 1130. The van der Waals surface area contributed by atoms with Crippen LogP contribution in [0.25, 0.3) is 5.76 Å². The minimum atomic E-state index is -0.805. The Morgan fingerprint density at radius 3 is 2.66 bits per heavy atom. The minimum absolute atomic E-state index is 0.0412. The Hall–Kier alpha value is -3.45. The fourth-order valence-corrected chi connectivity index (χ4v) is 4.42. The van der Waals surface area contributed by atoms with Crippen LogP contribution in [-0.4, -0.2) is 28.4 Å². The molecule has 0 bridgehead atoms. The van der Waals surface area contributed by atoms with Crippen molar-refractivity contribution < 1.29 is 19.4 Å². The third-order valence-electron chi connectivity index (χ3n) is 5.31. The number of amides is 1. The lowest BCUT2D eigenvalue weighted by Gasteiger charge is -2.23. The average molecular weight is 449 g/mol. The van der Waals surface area contributed by atoms with Gasteiger partial charge in [0.15, 0.2) is 5.13 Å². The normalized spacial score (nSPS) is 17.7. The van der Waals surface area contributed by atoms with Crippen LogP contribution in [0.2, 0.25) is 0 Å². The monoisotopic (exact) mass is 448 g/mol. The molecule has 1 N–H and O–H groups in total. The number of benzene rings is 2. The van der Waals surface area contributed by atoms with Gasteiger partial charge in [0.1, 0.15) is 11.5 Å². The van der Waals surface area contributed by atoms with E-state index in [0.29, 0.717) is 28.6 Å². The van der Waals surface area contributed by atoms with Gasteiger partial charge in [-0.15, -0.1) is 11.3 Å². The number of hydrogen-bond acceptors (Lipinski definition) is 6. The summed E-state index contributed by atoms with van der Waals surface area (Å²) in [7, 11) is 0. The molecule has 0 aliphatic carbocycles. The summed E-state index contributed by atoms with van der Waals surface area (Å²) < 4.78 is 5.89. The molecule has 1 aliphatic heterocycles. The highest BCUT2D eigenvalue weighted by Gasteiger charge is 2.48. The summed E-state index contributed by atoms with van der Waals surface area (Å²) in [6, 6.07) is 15.3. The number of ether oxygens (including phenoxy) is 1. The van der Waals surface area contributed by atoms with E-state index < -0.39 is 17.7 Å². The van der Waals surface area contributed by atoms with Crippen molar-refractivity contribution in [1.82, 2.24) is 4.98 Å². The second-order valence-electron chi connectivity index (χ2n) is 7.48. The molecule has 7 heteroatoms. The van der Waals surface area contributed by atoms with Crippen LogP contribution in [0.1, 0.15) is 43.4 Å². The molecular weight excluding hydrogens is 424 g/mol. The SMILES string of the molecule is CCCCCOc1cccc(C2/C(=C(\O)c3ccccc3)C(=O)C(=O)N2c2nccs2)c1. The van der Waals surface area contributed by atoms with E-state index in [1.165, 1.54) is 16.2 Å². The zero-order valence-corrected chi connectivity index (χ0v) is 18.5. The summed E-state index contributed by atoms with van der Waals surface area (Å²) in [5.41, 5.74) is 1.19. The lowest BCUT2D eigenvalue weighted by molar-refractivity contribution is -0.132. The number of anilines is 1. The van der Waals surface area contributed by atoms with Gasteiger partial charge in [-0.3, -0.25) is 14.5 Å². The number of unbranched alkanes of at least 4 members (excludes halogenated alkanes) is 2. The largest absolute Gasteiger partial charge is 0.507 e. The highest BCUT2D eigenvalue weighted by atomic mass is 32.1. The van der Waals surface area contributed by atoms with E-state index >= 15 is 0 Å².